The predicted molar refractivity (Wildman–Crippen MR) is 363 cm³/mol. The molecule has 0 spiro atoms. The Kier molecular flexibility index (Phi) is 64.7. The largest absolute Gasteiger partial charge is 0.472 e. The molecule has 0 saturated carbocycles. The summed E-state index contributed by atoms with van der Waals surface area (Å²) in [6.45, 7) is 4.51. The normalized spacial score (nSPS) is 13.2. The molecule has 0 aromatic rings. The second-order valence-corrected chi connectivity index (χ2v) is 28.1. The Morgan fingerprint density at radius 3 is 0.940 bits per heavy atom. The highest BCUT2D eigenvalue weighted by Gasteiger charge is 2.27. The number of carbonyl (C=O) groups excluding carboxylic acids is 2. The highest BCUT2D eigenvalue weighted by molar-refractivity contribution is 7.47. The van der Waals surface area contributed by atoms with Crippen LogP contribution in [0.2, 0.25) is 0 Å². The number of allylic oxidation sites excluding steroid dienone is 4. The van der Waals surface area contributed by atoms with E-state index in [0.29, 0.717) is 23.9 Å². The molecule has 84 heavy (non-hydrogen) atoms. The summed E-state index contributed by atoms with van der Waals surface area (Å²) in [6, 6.07) is 0. The molecule has 9 nitrogen and oxygen atoms in total. The average Bonchev–Trinajstić information content (AvgIpc) is 3.61. The van der Waals surface area contributed by atoms with Crippen LogP contribution in [0.3, 0.4) is 0 Å². The van der Waals surface area contributed by atoms with Crippen molar-refractivity contribution in [2.24, 2.45) is 0 Å². The molecule has 2 atom stereocenters. The molecule has 0 radical (unpaired) electrons. The maximum atomic E-state index is 12.9. The monoisotopic (exact) mass is 1210 g/mol. The van der Waals surface area contributed by atoms with Gasteiger partial charge in [0.05, 0.1) is 27.7 Å². The van der Waals surface area contributed by atoms with Gasteiger partial charge in [0.2, 0.25) is 0 Å². The Labute approximate surface area is 523 Å². The smallest absolute Gasteiger partial charge is 0.462 e. The molecule has 0 aromatic heterocycles. The summed E-state index contributed by atoms with van der Waals surface area (Å²) in [5, 5.41) is 0. The number of rotatable bonds is 70. The van der Waals surface area contributed by atoms with Gasteiger partial charge in [-0.25, -0.2) is 4.57 Å². The van der Waals surface area contributed by atoms with Gasteiger partial charge in [0.15, 0.2) is 6.10 Å². The van der Waals surface area contributed by atoms with Crippen LogP contribution in [0.25, 0.3) is 0 Å². The van der Waals surface area contributed by atoms with Crippen LogP contribution in [0.1, 0.15) is 386 Å². The van der Waals surface area contributed by atoms with Crippen LogP contribution in [0.15, 0.2) is 24.3 Å². The van der Waals surface area contributed by atoms with Crippen molar-refractivity contribution in [2.45, 2.75) is 392 Å². The summed E-state index contributed by atoms with van der Waals surface area (Å²) in [5.74, 6) is -0.772. The second kappa shape index (κ2) is 65.9. The number of likely N-dealkylation sites (N-methyl/N-ethyl adjacent to an activating group) is 1. The molecule has 0 heterocycles. The van der Waals surface area contributed by atoms with Crippen molar-refractivity contribution in [3.8, 4) is 0 Å². The number of unbranched alkanes of at least 4 members (excludes halogenated alkanes) is 52. The van der Waals surface area contributed by atoms with Crippen LogP contribution in [-0.2, 0) is 32.7 Å². The summed E-state index contributed by atoms with van der Waals surface area (Å²) in [5.41, 5.74) is 0. The van der Waals surface area contributed by atoms with Gasteiger partial charge in [-0.2, -0.15) is 0 Å². The third kappa shape index (κ3) is 69.6. The lowest BCUT2D eigenvalue weighted by molar-refractivity contribution is -0.870. The molecule has 0 rings (SSSR count). The number of hydrogen-bond acceptors (Lipinski definition) is 7. The van der Waals surface area contributed by atoms with Gasteiger partial charge in [0.1, 0.15) is 19.8 Å². The van der Waals surface area contributed by atoms with Gasteiger partial charge in [-0.05, 0) is 44.9 Å². The molecule has 0 aliphatic heterocycles. The predicted octanol–water partition coefficient (Wildman–Crippen LogP) is 24.1. The van der Waals surface area contributed by atoms with Crippen molar-refractivity contribution in [3.63, 3.8) is 0 Å². The minimum atomic E-state index is -4.39. The summed E-state index contributed by atoms with van der Waals surface area (Å²) < 4.78 is 34.8. The van der Waals surface area contributed by atoms with Gasteiger partial charge in [-0.15, -0.1) is 0 Å². The highest BCUT2D eigenvalue weighted by atomic mass is 31.2. The summed E-state index contributed by atoms with van der Waals surface area (Å²) in [7, 11) is 1.50. The Morgan fingerprint density at radius 2 is 0.643 bits per heavy atom. The lowest BCUT2D eigenvalue weighted by Crippen LogP contribution is -2.37. The zero-order valence-electron chi connectivity index (χ0n) is 56.9. The molecule has 0 saturated heterocycles. The maximum Gasteiger partial charge on any atom is 0.472 e. The molecular formula is C74H145NO8P+. The third-order valence-corrected chi connectivity index (χ3v) is 18.0. The van der Waals surface area contributed by atoms with Crippen LogP contribution in [0.5, 0.6) is 0 Å². The maximum absolute atomic E-state index is 12.9. The number of quaternary nitrogens is 1. The molecule has 10 heteroatoms. The van der Waals surface area contributed by atoms with E-state index in [1.54, 1.807) is 0 Å². The molecule has 0 fully saturated rings. The molecule has 0 aromatic carbocycles. The minimum absolute atomic E-state index is 0.0356. The Hall–Kier alpha value is -1.51. The fourth-order valence-electron chi connectivity index (χ4n) is 11.3. The van der Waals surface area contributed by atoms with Crippen LogP contribution < -0.4 is 0 Å². The Bertz CT molecular complexity index is 1460. The molecule has 0 aliphatic carbocycles. The zero-order chi connectivity index (χ0) is 61.2. The summed E-state index contributed by atoms with van der Waals surface area (Å²) in [4.78, 5) is 35.9. The molecule has 2 unspecified atom stereocenters. The van der Waals surface area contributed by atoms with E-state index in [4.69, 9.17) is 18.5 Å². The first-order chi connectivity index (χ1) is 41.0. The second-order valence-electron chi connectivity index (χ2n) is 26.7. The molecule has 0 bridgehead atoms. The fraction of sp³-hybridized carbons (Fsp3) is 0.919. The topological polar surface area (TPSA) is 108 Å². The number of carbonyl (C=O) groups is 2. The van der Waals surface area contributed by atoms with Crippen molar-refractivity contribution >= 4 is 19.8 Å². The van der Waals surface area contributed by atoms with E-state index in [1.807, 2.05) is 21.1 Å². The van der Waals surface area contributed by atoms with Crippen LogP contribution in [0.4, 0.5) is 0 Å². The number of esters is 2. The highest BCUT2D eigenvalue weighted by Crippen LogP contribution is 2.43. The van der Waals surface area contributed by atoms with E-state index in [2.05, 4.69) is 38.2 Å². The van der Waals surface area contributed by atoms with Gasteiger partial charge < -0.3 is 18.9 Å². The van der Waals surface area contributed by atoms with Crippen LogP contribution in [-0.4, -0.2) is 74.9 Å². The van der Waals surface area contributed by atoms with Gasteiger partial charge in [0, 0.05) is 12.8 Å². The van der Waals surface area contributed by atoms with E-state index in [9.17, 15) is 19.0 Å². The number of phosphoric ester groups is 1. The van der Waals surface area contributed by atoms with E-state index >= 15 is 0 Å². The molecule has 0 amide bonds. The number of ether oxygens (including phenoxy) is 2. The fourth-order valence-corrected chi connectivity index (χ4v) is 12.0. The SMILES string of the molecule is CCCCCCC/C=C\C/C=C\CCCCCCCCCCCCCCCCCCCC(=O)OC(COC(=O)CCCCCCCCCCCCCCCCCCCCCCCCCCCCCCCCC)COP(=O)(O)OCC[N+](C)(C)C. The molecule has 498 valence electrons. The minimum Gasteiger partial charge on any atom is -0.462 e. The van der Waals surface area contributed by atoms with Gasteiger partial charge in [-0.1, -0.05) is 353 Å². The van der Waals surface area contributed by atoms with E-state index < -0.39 is 26.5 Å². The Morgan fingerprint density at radius 1 is 0.369 bits per heavy atom. The van der Waals surface area contributed by atoms with Gasteiger partial charge in [0.25, 0.3) is 0 Å². The summed E-state index contributed by atoms with van der Waals surface area (Å²) in [6.07, 6.45) is 83.0. The average molecular weight is 1210 g/mol. The van der Waals surface area contributed by atoms with Crippen LogP contribution >= 0.6 is 7.82 Å². The quantitative estimate of drug-likeness (QED) is 0.0211. The summed E-state index contributed by atoms with van der Waals surface area (Å²) >= 11 is 0. The van der Waals surface area contributed by atoms with Crippen molar-refractivity contribution < 1.29 is 42.1 Å². The van der Waals surface area contributed by atoms with E-state index in [1.165, 1.54) is 315 Å². The first-order valence-electron chi connectivity index (χ1n) is 37.1. The lowest BCUT2D eigenvalue weighted by Gasteiger charge is -2.24. The van der Waals surface area contributed by atoms with E-state index in [-0.39, 0.29) is 25.6 Å². The van der Waals surface area contributed by atoms with Gasteiger partial charge in [-0.3, -0.25) is 18.6 Å². The van der Waals surface area contributed by atoms with Crippen LogP contribution in [0, 0.1) is 0 Å². The number of nitrogens with zero attached hydrogens (tertiary/aromatic N) is 1. The Balaban J connectivity index is 3.95. The van der Waals surface area contributed by atoms with E-state index in [0.717, 1.165) is 38.5 Å². The van der Waals surface area contributed by atoms with Crippen molar-refractivity contribution in [2.75, 3.05) is 47.5 Å². The van der Waals surface area contributed by atoms with Crippen molar-refractivity contribution in [1.29, 1.82) is 0 Å². The molecular weight excluding hydrogens is 1060 g/mol. The molecule has 1 N–H and O–H groups in total. The first kappa shape index (κ1) is 82.5. The third-order valence-electron chi connectivity index (χ3n) is 17.0. The standard InChI is InChI=1S/C74H144NO8P/c1-6-8-10-12-14-16-18-20-22-24-26-28-30-32-34-36-37-39-40-42-44-46-48-50-52-54-56-58-60-62-64-66-73(76)80-70-72(71-82-84(78,79)81-69-68-75(3,4)5)83-74(77)67-65-63-61-59-57-55-53-51-49-47-45-43-41-38-35-33-31-29-27-25-23-21-19-17-15-13-11-9-7-2/h19,21,25,27,72H,6-18,20,22-24,26,28-71H2,1-5H3/p+1/b21-19-,27-25-. The van der Waals surface area contributed by atoms with Crippen molar-refractivity contribution in [3.05, 3.63) is 24.3 Å². The molecule has 0 aliphatic rings. The zero-order valence-corrected chi connectivity index (χ0v) is 57.8. The lowest BCUT2D eigenvalue weighted by atomic mass is 10.0. The van der Waals surface area contributed by atoms with Gasteiger partial charge >= 0.3 is 19.8 Å². The van der Waals surface area contributed by atoms with Crippen molar-refractivity contribution in [1.82, 2.24) is 0 Å². The first-order valence-corrected chi connectivity index (χ1v) is 38.6. The number of hydrogen-bond donors (Lipinski definition) is 1. The number of phosphoric acid groups is 1.